The third kappa shape index (κ3) is 5.38. The topological polar surface area (TPSA) is 88.0 Å². The number of rotatable bonds is 6. The number of carboxylic acids is 1. The van der Waals surface area contributed by atoms with E-state index in [1.54, 1.807) is 24.3 Å². The summed E-state index contributed by atoms with van der Waals surface area (Å²) >= 11 is 7.24. The Hall–Kier alpha value is -3.55. The summed E-state index contributed by atoms with van der Waals surface area (Å²) in [5.41, 5.74) is 2.42. The van der Waals surface area contributed by atoms with E-state index in [1.165, 1.54) is 23.9 Å². The first-order valence-corrected chi connectivity index (χ1v) is 10.8. The molecule has 1 fully saturated rings. The van der Waals surface area contributed by atoms with Gasteiger partial charge < -0.3 is 15.2 Å². The molecule has 1 saturated heterocycles. The van der Waals surface area contributed by atoms with E-state index < -0.39 is 5.97 Å². The SMILES string of the molecule is O=C1NC(=Nc2ccc(C(=O)O)cc2)S/C1=C\c1ccccc1OCc1cccc(Cl)c1. The van der Waals surface area contributed by atoms with E-state index >= 15 is 0 Å². The number of carboxylic acid groups (broad SMARTS) is 1. The number of hydrogen-bond donors (Lipinski definition) is 2. The van der Waals surface area contributed by atoms with Gasteiger partial charge in [-0.05, 0) is 65.9 Å². The highest BCUT2D eigenvalue weighted by atomic mass is 35.5. The zero-order valence-corrected chi connectivity index (χ0v) is 18.2. The Balaban J connectivity index is 1.50. The number of amides is 1. The van der Waals surface area contributed by atoms with Crippen LogP contribution in [-0.4, -0.2) is 22.2 Å². The molecule has 0 atom stereocenters. The fraction of sp³-hybridized carbons (Fsp3) is 0.0417. The molecule has 0 spiro atoms. The lowest BCUT2D eigenvalue weighted by atomic mass is 10.2. The molecule has 0 saturated carbocycles. The van der Waals surface area contributed by atoms with Crippen LogP contribution < -0.4 is 10.1 Å². The molecule has 1 aliphatic heterocycles. The second kappa shape index (κ2) is 9.72. The third-order valence-corrected chi connectivity index (χ3v) is 5.63. The number of thioether (sulfide) groups is 1. The Kier molecular flexibility index (Phi) is 6.58. The summed E-state index contributed by atoms with van der Waals surface area (Å²) in [5.74, 6) is -0.627. The van der Waals surface area contributed by atoms with Crippen molar-refractivity contribution in [3.8, 4) is 5.75 Å². The van der Waals surface area contributed by atoms with Crippen LogP contribution in [0.2, 0.25) is 5.02 Å². The van der Waals surface area contributed by atoms with Crippen molar-refractivity contribution in [1.29, 1.82) is 0 Å². The number of aliphatic imine (C=N–C) groups is 1. The molecule has 1 aliphatic rings. The molecule has 0 radical (unpaired) electrons. The molecule has 8 heteroatoms. The van der Waals surface area contributed by atoms with Crippen molar-refractivity contribution in [3.63, 3.8) is 0 Å². The van der Waals surface area contributed by atoms with Crippen LogP contribution >= 0.6 is 23.4 Å². The molecule has 1 heterocycles. The van der Waals surface area contributed by atoms with Crippen molar-refractivity contribution in [2.45, 2.75) is 6.61 Å². The first-order valence-electron chi connectivity index (χ1n) is 9.57. The number of carbonyl (C=O) groups is 2. The van der Waals surface area contributed by atoms with Gasteiger partial charge in [0, 0.05) is 10.6 Å². The van der Waals surface area contributed by atoms with E-state index in [0.717, 1.165) is 11.1 Å². The van der Waals surface area contributed by atoms with Crippen molar-refractivity contribution < 1.29 is 19.4 Å². The maximum absolute atomic E-state index is 12.4. The van der Waals surface area contributed by atoms with Gasteiger partial charge in [-0.1, -0.05) is 41.9 Å². The van der Waals surface area contributed by atoms with Crippen molar-refractivity contribution >= 4 is 52.2 Å². The molecule has 0 aromatic heterocycles. The van der Waals surface area contributed by atoms with Gasteiger partial charge in [0.05, 0.1) is 16.2 Å². The van der Waals surface area contributed by atoms with Crippen molar-refractivity contribution in [2.75, 3.05) is 0 Å². The number of nitrogens with zero attached hydrogens (tertiary/aromatic N) is 1. The highest BCUT2D eigenvalue weighted by molar-refractivity contribution is 8.18. The summed E-state index contributed by atoms with van der Waals surface area (Å²) in [6.45, 7) is 0.346. The van der Waals surface area contributed by atoms with E-state index in [1.807, 2.05) is 42.5 Å². The summed E-state index contributed by atoms with van der Waals surface area (Å²) in [6, 6.07) is 21.0. The zero-order chi connectivity index (χ0) is 22.5. The first kappa shape index (κ1) is 21.7. The minimum Gasteiger partial charge on any atom is -0.488 e. The second-order valence-corrected chi connectivity index (χ2v) is 8.26. The summed E-state index contributed by atoms with van der Waals surface area (Å²) in [6.07, 6.45) is 1.75. The maximum atomic E-state index is 12.4. The fourth-order valence-corrected chi connectivity index (χ4v) is 3.98. The number of nitrogens with one attached hydrogen (secondary N) is 1. The summed E-state index contributed by atoms with van der Waals surface area (Å²) in [5, 5.41) is 12.8. The van der Waals surface area contributed by atoms with Crippen LogP contribution in [0, 0.1) is 0 Å². The van der Waals surface area contributed by atoms with Gasteiger partial charge in [0.25, 0.3) is 5.91 Å². The number of benzene rings is 3. The number of hydrogen-bond acceptors (Lipinski definition) is 5. The number of ether oxygens (including phenoxy) is 1. The second-order valence-electron chi connectivity index (χ2n) is 6.79. The lowest BCUT2D eigenvalue weighted by molar-refractivity contribution is -0.115. The van der Waals surface area contributed by atoms with Crippen LogP contribution in [0.4, 0.5) is 5.69 Å². The lowest BCUT2D eigenvalue weighted by Gasteiger charge is -2.09. The number of amidine groups is 1. The minimum absolute atomic E-state index is 0.173. The highest BCUT2D eigenvalue weighted by Gasteiger charge is 2.24. The summed E-state index contributed by atoms with van der Waals surface area (Å²) in [4.78, 5) is 28.3. The molecule has 32 heavy (non-hydrogen) atoms. The zero-order valence-electron chi connectivity index (χ0n) is 16.6. The van der Waals surface area contributed by atoms with Gasteiger partial charge >= 0.3 is 5.97 Å². The fourth-order valence-electron chi connectivity index (χ4n) is 2.94. The Bertz CT molecular complexity index is 1240. The van der Waals surface area contributed by atoms with E-state index in [-0.39, 0.29) is 11.5 Å². The van der Waals surface area contributed by atoms with Crippen LogP contribution in [0.1, 0.15) is 21.5 Å². The molecule has 1 amide bonds. The number of halogens is 1. The van der Waals surface area contributed by atoms with Gasteiger partial charge in [-0.2, -0.15) is 0 Å². The van der Waals surface area contributed by atoms with Gasteiger partial charge in [0.2, 0.25) is 0 Å². The minimum atomic E-state index is -1.01. The molecule has 3 aromatic carbocycles. The molecule has 0 bridgehead atoms. The van der Waals surface area contributed by atoms with Crippen molar-refractivity contribution in [1.82, 2.24) is 5.32 Å². The predicted molar refractivity (Wildman–Crippen MR) is 126 cm³/mol. The van der Waals surface area contributed by atoms with E-state index in [0.29, 0.717) is 33.1 Å². The Morgan fingerprint density at radius 2 is 1.88 bits per heavy atom. The number of carbonyl (C=O) groups excluding carboxylic acids is 1. The number of para-hydroxylation sites is 1. The normalized spacial score (nSPS) is 15.7. The van der Waals surface area contributed by atoms with Crippen molar-refractivity contribution in [2.24, 2.45) is 4.99 Å². The largest absolute Gasteiger partial charge is 0.488 e. The molecule has 0 unspecified atom stereocenters. The summed E-state index contributed by atoms with van der Waals surface area (Å²) in [7, 11) is 0. The molecule has 2 N–H and O–H groups in total. The molecule has 0 aliphatic carbocycles. The molecular formula is C24H17ClN2O4S. The van der Waals surface area contributed by atoms with Crippen LogP contribution in [0.5, 0.6) is 5.75 Å². The highest BCUT2D eigenvalue weighted by Crippen LogP contribution is 2.31. The van der Waals surface area contributed by atoms with Gasteiger partial charge in [0.1, 0.15) is 12.4 Å². The third-order valence-electron chi connectivity index (χ3n) is 4.48. The molecule has 3 aromatic rings. The quantitative estimate of drug-likeness (QED) is 0.470. The van der Waals surface area contributed by atoms with Gasteiger partial charge in [-0.15, -0.1) is 0 Å². The molecule has 160 valence electrons. The molecular weight excluding hydrogens is 448 g/mol. The predicted octanol–water partition coefficient (Wildman–Crippen LogP) is 5.51. The van der Waals surface area contributed by atoms with Crippen LogP contribution in [-0.2, 0) is 11.4 Å². The Morgan fingerprint density at radius 1 is 1.09 bits per heavy atom. The van der Waals surface area contributed by atoms with E-state index in [4.69, 9.17) is 21.4 Å². The summed E-state index contributed by atoms with van der Waals surface area (Å²) < 4.78 is 5.95. The average molecular weight is 465 g/mol. The molecule has 6 nitrogen and oxygen atoms in total. The van der Waals surface area contributed by atoms with E-state index in [2.05, 4.69) is 10.3 Å². The first-order chi connectivity index (χ1) is 15.5. The maximum Gasteiger partial charge on any atom is 0.335 e. The molecule has 4 rings (SSSR count). The average Bonchev–Trinajstić information content (AvgIpc) is 3.12. The number of aromatic carboxylic acids is 1. The van der Waals surface area contributed by atoms with E-state index in [9.17, 15) is 9.59 Å². The Morgan fingerprint density at radius 3 is 2.62 bits per heavy atom. The van der Waals surface area contributed by atoms with Gasteiger partial charge in [-0.25, -0.2) is 9.79 Å². The standard InChI is InChI=1S/C24H17ClN2O4S/c25-18-6-3-4-15(12-18)14-31-20-7-2-1-5-17(20)13-21-22(28)27-24(32-21)26-19-10-8-16(9-11-19)23(29)30/h1-13H,14H2,(H,29,30)(H,26,27,28)/b21-13-. The van der Waals surface area contributed by atoms with Crippen LogP contribution in [0.15, 0.2) is 82.7 Å². The Labute approximate surface area is 193 Å². The monoisotopic (exact) mass is 464 g/mol. The smallest absolute Gasteiger partial charge is 0.335 e. The van der Waals surface area contributed by atoms with Gasteiger partial charge in [0.15, 0.2) is 5.17 Å². The van der Waals surface area contributed by atoms with Gasteiger partial charge in [-0.3, -0.25) is 4.79 Å². The van der Waals surface area contributed by atoms with Crippen LogP contribution in [0.3, 0.4) is 0 Å². The lowest BCUT2D eigenvalue weighted by Crippen LogP contribution is -2.19. The van der Waals surface area contributed by atoms with Crippen LogP contribution in [0.25, 0.3) is 6.08 Å². The van der Waals surface area contributed by atoms with Crippen molar-refractivity contribution in [3.05, 3.63) is 99.4 Å².